The van der Waals surface area contributed by atoms with Crippen molar-refractivity contribution in [2.45, 2.75) is 58.0 Å². The number of carbonyl (C=O) groups is 1. The summed E-state index contributed by atoms with van der Waals surface area (Å²) in [7, 11) is 0. The van der Waals surface area contributed by atoms with Gasteiger partial charge in [0.25, 0.3) is 11.5 Å². The van der Waals surface area contributed by atoms with Crippen molar-refractivity contribution in [2.24, 2.45) is 0 Å². The first-order chi connectivity index (χ1) is 13.2. The van der Waals surface area contributed by atoms with Gasteiger partial charge in [-0.15, -0.1) is 0 Å². The lowest BCUT2D eigenvalue weighted by Crippen LogP contribution is -2.44. The second-order valence-electron chi connectivity index (χ2n) is 7.71. The highest BCUT2D eigenvalue weighted by atomic mass is 16.1. The third kappa shape index (κ3) is 3.76. The Kier molecular flexibility index (Phi) is 5.25. The van der Waals surface area contributed by atoms with E-state index in [2.05, 4.69) is 17.1 Å². The molecule has 6 heteroatoms. The molecule has 3 heterocycles. The van der Waals surface area contributed by atoms with Gasteiger partial charge in [0, 0.05) is 37.7 Å². The molecule has 0 atom stereocenters. The highest BCUT2D eigenvalue weighted by Gasteiger charge is 2.21. The molecule has 0 radical (unpaired) electrons. The summed E-state index contributed by atoms with van der Waals surface area (Å²) in [5, 5.41) is 3.76. The fourth-order valence-corrected chi connectivity index (χ4v) is 4.22. The van der Waals surface area contributed by atoms with Crippen LogP contribution in [0.5, 0.6) is 0 Å². The normalized spacial score (nSPS) is 18.9. The quantitative estimate of drug-likeness (QED) is 0.903. The first-order valence-corrected chi connectivity index (χ1v) is 10.2. The maximum Gasteiger partial charge on any atom is 0.261 e. The van der Waals surface area contributed by atoms with Gasteiger partial charge in [0.1, 0.15) is 5.82 Å². The van der Waals surface area contributed by atoms with E-state index in [4.69, 9.17) is 4.98 Å². The van der Waals surface area contributed by atoms with Crippen LogP contribution in [0.1, 0.15) is 55.2 Å². The maximum absolute atomic E-state index is 12.8. The Morgan fingerprint density at radius 3 is 2.78 bits per heavy atom. The number of rotatable bonds is 3. The summed E-state index contributed by atoms with van der Waals surface area (Å²) >= 11 is 0. The summed E-state index contributed by atoms with van der Waals surface area (Å²) in [5.41, 5.74) is 1.25. The van der Waals surface area contributed by atoms with Gasteiger partial charge in [-0.05, 0) is 50.4 Å². The number of nitrogens with zero attached hydrogens (tertiary/aromatic N) is 3. The van der Waals surface area contributed by atoms with Crippen molar-refractivity contribution in [1.82, 2.24) is 19.8 Å². The molecule has 0 saturated carbocycles. The van der Waals surface area contributed by atoms with Gasteiger partial charge in [-0.2, -0.15) is 0 Å². The number of likely N-dealkylation sites (tertiary alicyclic amines) is 1. The van der Waals surface area contributed by atoms with E-state index in [1.165, 1.54) is 0 Å². The molecule has 1 aromatic heterocycles. The van der Waals surface area contributed by atoms with Crippen LogP contribution in [0.2, 0.25) is 0 Å². The van der Waals surface area contributed by atoms with E-state index in [0.717, 1.165) is 70.5 Å². The van der Waals surface area contributed by atoms with Crippen molar-refractivity contribution in [2.75, 3.05) is 19.6 Å². The summed E-state index contributed by atoms with van der Waals surface area (Å²) in [6.07, 6.45) is 6.02. The van der Waals surface area contributed by atoms with Crippen LogP contribution in [-0.4, -0.2) is 46.0 Å². The van der Waals surface area contributed by atoms with Gasteiger partial charge in [0.15, 0.2) is 0 Å². The average molecular weight is 368 g/mol. The Balaban J connectivity index is 1.56. The van der Waals surface area contributed by atoms with Crippen LogP contribution in [0.25, 0.3) is 10.9 Å². The zero-order valence-electron chi connectivity index (χ0n) is 16.0. The lowest BCUT2D eigenvalue weighted by atomic mass is 10.0. The Labute approximate surface area is 159 Å². The zero-order chi connectivity index (χ0) is 18.8. The predicted octanol–water partition coefficient (Wildman–Crippen LogP) is 2.34. The van der Waals surface area contributed by atoms with E-state index in [0.29, 0.717) is 16.5 Å². The molecule has 0 bridgehead atoms. The topological polar surface area (TPSA) is 67.2 Å². The molecule has 4 rings (SSSR count). The molecule has 0 spiro atoms. The van der Waals surface area contributed by atoms with Crippen molar-refractivity contribution >= 4 is 16.8 Å². The minimum atomic E-state index is -0.0660. The zero-order valence-corrected chi connectivity index (χ0v) is 16.0. The average Bonchev–Trinajstić information content (AvgIpc) is 2.94. The Morgan fingerprint density at radius 2 is 2.00 bits per heavy atom. The number of piperidine rings is 1. The second kappa shape index (κ2) is 7.80. The summed E-state index contributed by atoms with van der Waals surface area (Å²) in [6.45, 7) is 6.05. The number of aromatic nitrogens is 2. The van der Waals surface area contributed by atoms with E-state index in [-0.39, 0.29) is 17.5 Å². The van der Waals surface area contributed by atoms with Gasteiger partial charge in [-0.3, -0.25) is 14.2 Å². The molecule has 6 nitrogen and oxygen atoms in total. The summed E-state index contributed by atoms with van der Waals surface area (Å²) in [4.78, 5) is 32.6. The molecule has 0 unspecified atom stereocenters. The summed E-state index contributed by atoms with van der Waals surface area (Å²) < 4.78 is 1.82. The number of fused-ring (bicyclic) bond motifs is 2. The third-order valence-electron chi connectivity index (χ3n) is 5.95. The molecule has 2 aromatic rings. The van der Waals surface area contributed by atoms with Crippen LogP contribution in [0, 0.1) is 0 Å². The highest BCUT2D eigenvalue weighted by Crippen LogP contribution is 2.17. The highest BCUT2D eigenvalue weighted by molar-refractivity contribution is 5.97. The van der Waals surface area contributed by atoms with E-state index in [9.17, 15) is 9.59 Å². The van der Waals surface area contributed by atoms with E-state index >= 15 is 0 Å². The smallest absolute Gasteiger partial charge is 0.261 e. The lowest BCUT2D eigenvalue weighted by molar-refractivity contribution is 0.0913. The molecule has 1 saturated heterocycles. The van der Waals surface area contributed by atoms with Crippen LogP contribution in [0.3, 0.4) is 0 Å². The third-order valence-corrected chi connectivity index (χ3v) is 5.95. The van der Waals surface area contributed by atoms with E-state index in [1.54, 1.807) is 18.2 Å². The van der Waals surface area contributed by atoms with Crippen LogP contribution in [0.4, 0.5) is 0 Å². The van der Waals surface area contributed by atoms with Crippen LogP contribution < -0.4 is 10.9 Å². The number of aryl methyl sites for hydroxylation is 1. The Morgan fingerprint density at radius 1 is 1.19 bits per heavy atom. The van der Waals surface area contributed by atoms with Gasteiger partial charge in [-0.25, -0.2) is 4.98 Å². The first kappa shape index (κ1) is 18.2. The van der Waals surface area contributed by atoms with Gasteiger partial charge in [-0.1, -0.05) is 13.3 Å². The van der Waals surface area contributed by atoms with Crippen molar-refractivity contribution in [3.8, 4) is 0 Å². The van der Waals surface area contributed by atoms with Gasteiger partial charge in [0.05, 0.1) is 10.9 Å². The molecule has 0 aliphatic carbocycles. The summed E-state index contributed by atoms with van der Waals surface area (Å²) in [5.74, 6) is 0.790. The minimum absolute atomic E-state index is 0.0239. The maximum atomic E-state index is 12.8. The van der Waals surface area contributed by atoms with Crippen molar-refractivity contribution in [3.63, 3.8) is 0 Å². The molecule has 1 amide bonds. The monoisotopic (exact) mass is 368 g/mol. The van der Waals surface area contributed by atoms with Gasteiger partial charge in [0.2, 0.25) is 0 Å². The molecule has 27 heavy (non-hydrogen) atoms. The number of nitrogens with one attached hydrogen (secondary N) is 1. The number of hydrogen-bond acceptors (Lipinski definition) is 4. The molecule has 2 aliphatic heterocycles. The second-order valence-corrected chi connectivity index (χ2v) is 7.71. The number of hydrogen-bond donors (Lipinski definition) is 1. The van der Waals surface area contributed by atoms with E-state index < -0.39 is 0 Å². The first-order valence-electron chi connectivity index (χ1n) is 10.2. The number of amides is 1. The van der Waals surface area contributed by atoms with Crippen LogP contribution in [-0.2, 0) is 13.0 Å². The molecule has 2 aliphatic rings. The lowest BCUT2D eigenvalue weighted by Gasteiger charge is -2.31. The largest absolute Gasteiger partial charge is 0.349 e. The predicted molar refractivity (Wildman–Crippen MR) is 106 cm³/mol. The van der Waals surface area contributed by atoms with Crippen molar-refractivity contribution in [3.05, 3.63) is 39.9 Å². The Hall–Kier alpha value is -2.21. The molecule has 1 aromatic carbocycles. The van der Waals surface area contributed by atoms with Crippen molar-refractivity contribution in [1.29, 1.82) is 0 Å². The SMILES string of the molecule is CCN1CCC(NC(=O)c2ccc3c(=O)n4c(nc3c2)CCCCC4)CC1. The van der Waals surface area contributed by atoms with Crippen LogP contribution in [0.15, 0.2) is 23.0 Å². The van der Waals surface area contributed by atoms with Gasteiger partial charge >= 0.3 is 0 Å². The van der Waals surface area contributed by atoms with E-state index in [1.807, 2.05) is 4.57 Å². The molecule has 1 fully saturated rings. The standard InChI is InChI=1S/C21H28N4O2/c1-2-24-12-9-16(10-13-24)22-20(26)15-7-8-17-18(14-15)23-19-6-4-3-5-11-25(19)21(17)27/h7-8,14,16H,2-6,9-13H2,1H3,(H,22,26). The molecule has 1 N–H and O–H groups in total. The molecule has 144 valence electrons. The summed E-state index contributed by atoms with van der Waals surface area (Å²) in [6, 6.07) is 5.52. The van der Waals surface area contributed by atoms with Crippen LogP contribution >= 0.6 is 0 Å². The fourth-order valence-electron chi connectivity index (χ4n) is 4.22. The Bertz CT molecular complexity index is 897. The number of benzene rings is 1. The van der Waals surface area contributed by atoms with Crippen molar-refractivity contribution < 1.29 is 4.79 Å². The number of carbonyl (C=O) groups excluding carboxylic acids is 1. The molecular formula is C21H28N4O2. The van der Waals surface area contributed by atoms with Gasteiger partial charge < -0.3 is 10.2 Å². The fraction of sp³-hybridized carbons (Fsp3) is 0.571. The molecular weight excluding hydrogens is 340 g/mol. The minimum Gasteiger partial charge on any atom is -0.349 e.